The number of nitro groups is 1. The van der Waals surface area contributed by atoms with Gasteiger partial charge in [-0.05, 0) is 0 Å². The topological polar surface area (TPSA) is 97.8 Å². The summed E-state index contributed by atoms with van der Waals surface area (Å²) in [5, 5.41) is 28.9. The summed E-state index contributed by atoms with van der Waals surface area (Å²) in [5.41, 5.74) is -0.0226. The van der Waals surface area contributed by atoms with Gasteiger partial charge in [0.15, 0.2) is 0 Å². The molecule has 1 aliphatic heterocycles. The van der Waals surface area contributed by atoms with Crippen molar-refractivity contribution < 1.29 is 19.9 Å². The maximum Gasteiger partial charge on any atom is 0.286 e. The number of rotatable bonds is 3. The van der Waals surface area contributed by atoms with E-state index >= 15 is 0 Å². The first-order valence-corrected chi connectivity index (χ1v) is 4.88. The highest BCUT2D eigenvalue weighted by Gasteiger charge is 2.34. The van der Waals surface area contributed by atoms with Gasteiger partial charge in [-0.25, -0.2) is 0 Å². The second kappa shape index (κ2) is 4.20. The Morgan fingerprint density at radius 3 is 2.94 bits per heavy atom. The van der Waals surface area contributed by atoms with E-state index in [-0.39, 0.29) is 12.3 Å². The molecule has 7 nitrogen and oxygen atoms in total. The van der Waals surface area contributed by atoms with Crippen molar-refractivity contribution in [1.82, 2.24) is 4.57 Å². The quantitative estimate of drug-likeness (QED) is 0.562. The Hall–Kier alpha value is -1.44. The summed E-state index contributed by atoms with van der Waals surface area (Å²) in [6.45, 7) is -0.263. The minimum atomic E-state index is -0.739. The van der Waals surface area contributed by atoms with Gasteiger partial charge in [-0.3, -0.25) is 10.1 Å². The number of hydrogen-bond acceptors (Lipinski definition) is 5. The van der Waals surface area contributed by atoms with Crippen molar-refractivity contribution in [3.8, 4) is 0 Å². The van der Waals surface area contributed by atoms with Crippen molar-refractivity contribution in [2.45, 2.75) is 24.9 Å². The molecule has 0 radical (unpaired) electrons. The van der Waals surface area contributed by atoms with Gasteiger partial charge in [-0.1, -0.05) is 0 Å². The minimum absolute atomic E-state index is 0.0226. The molecule has 1 unspecified atom stereocenters. The van der Waals surface area contributed by atoms with Gasteiger partial charge in [0.1, 0.15) is 12.3 Å². The van der Waals surface area contributed by atoms with Gasteiger partial charge in [0.2, 0.25) is 0 Å². The minimum Gasteiger partial charge on any atom is -0.394 e. The molecule has 1 fully saturated rings. The van der Waals surface area contributed by atoms with Crippen molar-refractivity contribution in [2.75, 3.05) is 6.61 Å². The lowest BCUT2D eigenvalue weighted by atomic mass is 10.2. The van der Waals surface area contributed by atoms with Crippen LogP contribution < -0.4 is 0 Å². The predicted octanol–water partition coefficient (Wildman–Crippen LogP) is 0.0370. The third-order valence-electron chi connectivity index (χ3n) is 2.63. The van der Waals surface area contributed by atoms with Crippen molar-refractivity contribution in [3.63, 3.8) is 0 Å². The van der Waals surface area contributed by atoms with Gasteiger partial charge in [0.05, 0.1) is 23.8 Å². The second-order valence-corrected chi connectivity index (χ2v) is 3.69. The van der Waals surface area contributed by atoms with Crippen LogP contribution in [-0.2, 0) is 4.74 Å². The van der Waals surface area contributed by atoms with Crippen LogP contribution in [0, 0.1) is 10.1 Å². The number of aliphatic hydroxyl groups excluding tert-OH is 2. The molecule has 2 N–H and O–H groups in total. The van der Waals surface area contributed by atoms with Gasteiger partial charge < -0.3 is 19.5 Å². The molecule has 3 atom stereocenters. The molecular formula is C9H12N2O5. The third kappa shape index (κ3) is 1.92. The van der Waals surface area contributed by atoms with Crippen LogP contribution in [0.2, 0.25) is 0 Å². The first-order chi connectivity index (χ1) is 7.61. The van der Waals surface area contributed by atoms with Crippen LogP contribution in [0.15, 0.2) is 18.5 Å². The Morgan fingerprint density at radius 2 is 2.44 bits per heavy atom. The first-order valence-electron chi connectivity index (χ1n) is 4.88. The molecule has 7 heteroatoms. The molecule has 88 valence electrons. The van der Waals surface area contributed by atoms with Crippen molar-refractivity contribution in [1.29, 1.82) is 0 Å². The summed E-state index contributed by atoms with van der Waals surface area (Å²) in [5.74, 6) is 0. The van der Waals surface area contributed by atoms with E-state index in [1.807, 2.05) is 0 Å². The van der Waals surface area contributed by atoms with Crippen LogP contribution in [0.4, 0.5) is 5.69 Å². The fourth-order valence-corrected chi connectivity index (χ4v) is 1.75. The molecule has 0 spiro atoms. The van der Waals surface area contributed by atoms with Gasteiger partial charge in [-0.15, -0.1) is 0 Å². The van der Waals surface area contributed by atoms with E-state index in [2.05, 4.69) is 0 Å². The van der Waals surface area contributed by atoms with Crippen LogP contribution in [-0.4, -0.2) is 38.5 Å². The summed E-state index contributed by atoms with van der Waals surface area (Å²) in [6, 6.07) is 1.36. The third-order valence-corrected chi connectivity index (χ3v) is 2.63. The molecule has 1 aliphatic rings. The number of hydrogen-bond donors (Lipinski definition) is 2. The average Bonchev–Trinajstić information content (AvgIpc) is 2.83. The Kier molecular flexibility index (Phi) is 2.90. The highest BCUT2D eigenvalue weighted by atomic mass is 16.6. The average molecular weight is 228 g/mol. The number of nitrogens with zero attached hydrogens (tertiary/aromatic N) is 2. The van der Waals surface area contributed by atoms with Crippen molar-refractivity contribution in [3.05, 3.63) is 28.6 Å². The Balaban J connectivity index is 2.11. The number of aromatic nitrogens is 1. The van der Waals surface area contributed by atoms with E-state index in [1.165, 1.54) is 23.0 Å². The van der Waals surface area contributed by atoms with Crippen molar-refractivity contribution in [2.24, 2.45) is 0 Å². The summed E-state index contributed by atoms with van der Waals surface area (Å²) in [7, 11) is 0. The highest BCUT2D eigenvalue weighted by Crippen LogP contribution is 2.29. The summed E-state index contributed by atoms with van der Waals surface area (Å²) in [4.78, 5) is 9.98. The Morgan fingerprint density at radius 1 is 1.69 bits per heavy atom. The zero-order valence-electron chi connectivity index (χ0n) is 8.39. The summed E-state index contributed by atoms with van der Waals surface area (Å²) >= 11 is 0. The monoisotopic (exact) mass is 228 g/mol. The van der Waals surface area contributed by atoms with Crippen molar-refractivity contribution >= 4 is 5.69 Å². The van der Waals surface area contributed by atoms with Gasteiger partial charge in [0.25, 0.3) is 5.69 Å². The maximum atomic E-state index is 10.5. The van der Waals surface area contributed by atoms with Crippen LogP contribution in [0.1, 0.15) is 12.6 Å². The lowest BCUT2D eigenvalue weighted by Crippen LogP contribution is -2.24. The SMILES string of the molecule is O=[N+]([O-])c1ccn(C2C[C@H](O)[C@@H](CO)O2)c1. The fraction of sp³-hybridized carbons (Fsp3) is 0.556. The van der Waals surface area contributed by atoms with Crippen LogP contribution in [0.25, 0.3) is 0 Å². The molecule has 0 aliphatic carbocycles. The molecule has 0 saturated carbocycles. The number of ether oxygens (including phenoxy) is 1. The molecule has 0 aromatic carbocycles. The second-order valence-electron chi connectivity index (χ2n) is 3.69. The smallest absolute Gasteiger partial charge is 0.286 e. The van der Waals surface area contributed by atoms with E-state index in [9.17, 15) is 15.2 Å². The zero-order valence-corrected chi connectivity index (χ0v) is 8.39. The molecule has 1 aromatic rings. The normalized spacial score (nSPS) is 29.5. The zero-order chi connectivity index (χ0) is 11.7. The molecule has 0 bridgehead atoms. The van der Waals surface area contributed by atoms with Crippen LogP contribution in [0.5, 0.6) is 0 Å². The molecule has 2 heterocycles. The predicted molar refractivity (Wildman–Crippen MR) is 52.7 cm³/mol. The number of aliphatic hydroxyl groups is 2. The van der Waals surface area contributed by atoms with E-state index in [1.54, 1.807) is 0 Å². The maximum absolute atomic E-state index is 10.5. The summed E-state index contributed by atoms with van der Waals surface area (Å²) < 4.78 is 6.87. The van der Waals surface area contributed by atoms with E-state index < -0.39 is 23.4 Å². The van der Waals surface area contributed by atoms with E-state index in [4.69, 9.17) is 9.84 Å². The highest BCUT2D eigenvalue weighted by molar-refractivity contribution is 5.26. The molecule has 16 heavy (non-hydrogen) atoms. The Bertz CT molecular complexity index is 391. The largest absolute Gasteiger partial charge is 0.394 e. The molecule has 0 amide bonds. The van der Waals surface area contributed by atoms with Crippen LogP contribution in [0.3, 0.4) is 0 Å². The van der Waals surface area contributed by atoms with Gasteiger partial charge in [-0.2, -0.15) is 0 Å². The lowest BCUT2D eigenvalue weighted by molar-refractivity contribution is -0.384. The first kappa shape index (κ1) is 11.1. The molecule has 1 aromatic heterocycles. The fourth-order valence-electron chi connectivity index (χ4n) is 1.75. The van der Waals surface area contributed by atoms with E-state index in [0.29, 0.717) is 6.42 Å². The Labute approximate surface area is 91.0 Å². The van der Waals surface area contributed by atoms with Crippen LogP contribution >= 0.6 is 0 Å². The molecule has 1 saturated heterocycles. The molecular weight excluding hydrogens is 216 g/mol. The summed E-state index contributed by atoms with van der Waals surface area (Å²) in [6.07, 6.45) is 1.37. The molecule has 2 rings (SSSR count). The standard InChI is InChI=1S/C9H12N2O5/c12-5-8-7(13)3-9(16-8)10-2-1-6(4-10)11(14)15/h1-2,4,7-9,12-13H,3,5H2/t7-,8+,9?/m0/s1. The lowest BCUT2D eigenvalue weighted by Gasteiger charge is -2.12. The van der Waals surface area contributed by atoms with Gasteiger partial charge in [0, 0.05) is 18.7 Å². The van der Waals surface area contributed by atoms with Gasteiger partial charge >= 0.3 is 0 Å². The van der Waals surface area contributed by atoms with E-state index in [0.717, 1.165) is 0 Å².